The summed E-state index contributed by atoms with van der Waals surface area (Å²) in [4.78, 5) is 8.57. The zero-order valence-electron chi connectivity index (χ0n) is 13.0. The summed E-state index contributed by atoms with van der Waals surface area (Å²) >= 11 is 6.29. The van der Waals surface area contributed by atoms with Crippen LogP contribution in [0.4, 0.5) is 0 Å². The normalized spacial score (nSPS) is 13.4. The van der Waals surface area contributed by atoms with Gasteiger partial charge in [-0.15, -0.1) is 0 Å². The van der Waals surface area contributed by atoms with Crippen molar-refractivity contribution in [2.45, 2.75) is 13.0 Å². The Morgan fingerprint density at radius 1 is 1.14 bits per heavy atom. The maximum absolute atomic E-state index is 6.29. The van der Waals surface area contributed by atoms with Gasteiger partial charge in [0.05, 0.1) is 24.8 Å². The highest BCUT2D eigenvalue weighted by molar-refractivity contribution is 6.32. The van der Waals surface area contributed by atoms with Crippen molar-refractivity contribution in [3.8, 4) is 11.5 Å². The Kier molecular flexibility index (Phi) is 5.17. The fourth-order valence-corrected chi connectivity index (χ4v) is 2.51. The molecule has 1 aliphatic heterocycles. The third-order valence-electron chi connectivity index (χ3n) is 3.07. The van der Waals surface area contributed by atoms with Crippen molar-refractivity contribution >= 4 is 17.6 Å². The van der Waals surface area contributed by atoms with Crippen LogP contribution < -0.4 is 9.47 Å². The summed E-state index contributed by atoms with van der Waals surface area (Å²) in [5.74, 6) is 2.25. The van der Waals surface area contributed by atoms with Gasteiger partial charge in [0.2, 0.25) is 0 Å². The molecule has 1 aliphatic rings. The molecular weight excluding hydrogens is 290 g/mol. The molecule has 0 fully saturated rings. The lowest BCUT2D eigenvalue weighted by Gasteiger charge is -2.22. The second kappa shape index (κ2) is 6.89. The lowest BCUT2D eigenvalue weighted by atomic mass is 10.2. The Hall–Kier alpha value is -1.62. The van der Waals surface area contributed by atoms with Gasteiger partial charge in [-0.25, -0.2) is 4.99 Å². The molecule has 0 radical (unpaired) electrons. The fourth-order valence-electron chi connectivity index (χ4n) is 2.22. The first kappa shape index (κ1) is 15.8. The van der Waals surface area contributed by atoms with E-state index in [9.17, 15) is 0 Å². The minimum absolute atomic E-state index is 0.544. The minimum atomic E-state index is 0.544. The molecule has 0 aromatic heterocycles. The molecule has 2 rings (SSSR count). The molecule has 1 heterocycles. The molecule has 6 heteroatoms. The minimum Gasteiger partial charge on any atom is -0.489 e. The predicted molar refractivity (Wildman–Crippen MR) is 85.6 cm³/mol. The van der Waals surface area contributed by atoms with E-state index in [1.54, 1.807) is 0 Å². The Labute approximate surface area is 131 Å². The number of hydrogen-bond donors (Lipinski definition) is 0. The number of guanidine groups is 1. The van der Waals surface area contributed by atoms with Crippen LogP contribution in [0.1, 0.15) is 12.0 Å². The highest BCUT2D eigenvalue weighted by Crippen LogP contribution is 2.38. The number of rotatable bonds is 2. The van der Waals surface area contributed by atoms with Crippen LogP contribution in [0.25, 0.3) is 0 Å². The van der Waals surface area contributed by atoms with Crippen molar-refractivity contribution in [2.75, 3.05) is 41.4 Å². The van der Waals surface area contributed by atoms with E-state index in [4.69, 9.17) is 21.1 Å². The smallest absolute Gasteiger partial charge is 0.195 e. The molecule has 21 heavy (non-hydrogen) atoms. The average molecular weight is 312 g/mol. The molecule has 1 aromatic rings. The summed E-state index contributed by atoms with van der Waals surface area (Å²) in [5.41, 5.74) is 1.01. The molecule has 0 aliphatic carbocycles. The van der Waals surface area contributed by atoms with Gasteiger partial charge in [-0.3, -0.25) is 0 Å². The van der Waals surface area contributed by atoms with Gasteiger partial charge in [0.1, 0.15) is 0 Å². The molecular formula is C15H22ClN3O2. The van der Waals surface area contributed by atoms with E-state index in [2.05, 4.69) is 4.99 Å². The molecule has 1 aromatic carbocycles. The summed E-state index contributed by atoms with van der Waals surface area (Å²) < 4.78 is 11.3. The monoisotopic (exact) mass is 311 g/mol. The van der Waals surface area contributed by atoms with Crippen molar-refractivity contribution in [1.82, 2.24) is 9.80 Å². The van der Waals surface area contributed by atoms with E-state index in [-0.39, 0.29) is 0 Å². The van der Waals surface area contributed by atoms with Gasteiger partial charge < -0.3 is 19.3 Å². The second-order valence-corrected chi connectivity index (χ2v) is 5.77. The Balaban J connectivity index is 2.23. The van der Waals surface area contributed by atoms with Crippen molar-refractivity contribution in [3.63, 3.8) is 0 Å². The van der Waals surface area contributed by atoms with Gasteiger partial charge in [0, 0.05) is 34.6 Å². The highest BCUT2D eigenvalue weighted by Gasteiger charge is 2.15. The van der Waals surface area contributed by atoms with Gasteiger partial charge in [0.25, 0.3) is 0 Å². The van der Waals surface area contributed by atoms with E-state index in [0.29, 0.717) is 36.3 Å². The maximum Gasteiger partial charge on any atom is 0.195 e. The second-order valence-electron chi connectivity index (χ2n) is 5.36. The van der Waals surface area contributed by atoms with Crippen LogP contribution in [0.3, 0.4) is 0 Å². The van der Waals surface area contributed by atoms with Crippen LogP contribution in [-0.2, 0) is 6.54 Å². The molecule has 116 valence electrons. The summed E-state index contributed by atoms with van der Waals surface area (Å²) in [6, 6.07) is 3.85. The standard InChI is InChI=1S/C15H22ClN3O2/c1-18(2)15(19(3)4)17-10-11-8-12(16)14-13(9-11)20-6-5-7-21-14/h8-9H,5-7,10H2,1-4H3. The van der Waals surface area contributed by atoms with Crippen LogP contribution in [0.2, 0.25) is 5.02 Å². The van der Waals surface area contributed by atoms with Crippen LogP contribution in [0.5, 0.6) is 11.5 Å². The average Bonchev–Trinajstić information content (AvgIpc) is 2.63. The van der Waals surface area contributed by atoms with Crippen LogP contribution in [-0.4, -0.2) is 57.2 Å². The largest absolute Gasteiger partial charge is 0.489 e. The lowest BCUT2D eigenvalue weighted by molar-refractivity contribution is 0.297. The Bertz CT molecular complexity index is 520. The van der Waals surface area contributed by atoms with Crippen molar-refractivity contribution < 1.29 is 9.47 Å². The number of ether oxygens (including phenoxy) is 2. The first-order valence-corrected chi connectivity index (χ1v) is 7.34. The third-order valence-corrected chi connectivity index (χ3v) is 3.35. The molecule has 0 amide bonds. The Morgan fingerprint density at radius 3 is 2.48 bits per heavy atom. The SMILES string of the molecule is CN(C)C(=NCc1cc(Cl)c2c(c1)OCCCO2)N(C)C. The summed E-state index contributed by atoms with van der Waals surface area (Å²) in [6.07, 6.45) is 0.865. The van der Waals surface area contributed by atoms with Gasteiger partial charge in [-0.05, 0) is 17.7 Å². The van der Waals surface area contributed by atoms with Gasteiger partial charge in [0.15, 0.2) is 17.5 Å². The number of halogens is 1. The van der Waals surface area contributed by atoms with E-state index in [0.717, 1.165) is 17.9 Å². The highest BCUT2D eigenvalue weighted by atomic mass is 35.5. The molecule has 0 saturated heterocycles. The quantitative estimate of drug-likeness (QED) is 0.621. The lowest BCUT2D eigenvalue weighted by Crippen LogP contribution is -2.35. The van der Waals surface area contributed by atoms with Crippen LogP contribution in [0, 0.1) is 0 Å². The van der Waals surface area contributed by atoms with E-state index < -0.39 is 0 Å². The molecule has 0 unspecified atom stereocenters. The van der Waals surface area contributed by atoms with Crippen LogP contribution in [0.15, 0.2) is 17.1 Å². The van der Waals surface area contributed by atoms with Crippen LogP contribution >= 0.6 is 11.6 Å². The summed E-state index contributed by atoms with van der Waals surface area (Å²) in [5, 5.41) is 0.579. The molecule has 0 atom stereocenters. The predicted octanol–water partition coefficient (Wildman–Crippen LogP) is 2.48. The topological polar surface area (TPSA) is 37.3 Å². The molecule has 0 bridgehead atoms. The maximum atomic E-state index is 6.29. The number of hydrogen-bond acceptors (Lipinski definition) is 3. The molecule has 5 nitrogen and oxygen atoms in total. The first-order valence-electron chi connectivity index (χ1n) is 6.96. The van der Waals surface area contributed by atoms with E-state index in [1.807, 2.05) is 50.1 Å². The summed E-state index contributed by atoms with van der Waals surface area (Å²) in [7, 11) is 7.89. The number of nitrogens with zero attached hydrogens (tertiary/aromatic N) is 3. The number of benzene rings is 1. The van der Waals surface area contributed by atoms with Crippen molar-refractivity contribution in [3.05, 3.63) is 22.7 Å². The van der Waals surface area contributed by atoms with E-state index >= 15 is 0 Å². The first-order chi connectivity index (χ1) is 9.99. The molecule has 0 saturated carbocycles. The van der Waals surface area contributed by atoms with Crippen molar-refractivity contribution in [2.24, 2.45) is 4.99 Å². The Morgan fingerprint density at radius 2 is 1.81 bits per heavy atom. The van der Waals surface area contributed by atoms with E-state index in [1.165, 1.54) is 0 Å². The third kappa shape index (κ3) is 3.94. The number of aliphatic imine (C=N–C) groups is 1. The van der Waals surface area contributed by atoms with Gasteiger partial charge in [-0.1, -0.05) is 11.6 Å². The van der Waals surface area contributed by atoms with Gasteiger partial charge in [-0.2, -0.15) is 0 Å². The zero-order valence-corrected chi connectivity index (χ0v) is 13.8. The summed E-state index contributed by atoms with van der Waals surface area (Å²) in [6.45, 7) is 1.83. The fraction of sp³-hybridized carbons (Fsp3) is 0.533. The molecule has 0 N–H and O–H groups in total. The van der Waals surface area contributed by atoms with Gasteiger partial charge >= 0.3 is 0 Å². The van der Waals surface area contributed by atoms with Crippen molar-refractivity contribution in [1.29, 1.82) is 0 Å². The zero-order chi connectivity index (χ0) is 15.4. The number of fused-ring (bicyclic) bond motifs is 1. The molecule has 0 spiro atoms.